The largest absolute Gasteiger partial charge is 0.313 e. The summed E-state index contributed by atoms with van der Waals surface area (Å²) in [6, 6.07) is 20.6. The van der Waals surface area contributed by atoms with Crippen molar-refractivity contribution in [2.75, 3.05) is 0 Å². The average Bonchev–Trinajstić information content (AvgIpc) is 3.59. The van der Waals surface area contributed by atoms with Crippen molar-refractivity contribution in [1.29, 1.82) is 0 Å². The van der Waals surface area contributed by atoms with Gasteiger partial charge < -0.3 is 4.57 Å². The summed E-state index contributed by atoms with van der Waals surface area (Å²) < 4.78 is 3.83. The van der Waals surface area contributed by atoms with Gasteiger partial charge in [0.1, 0.15) is 5.69 Å². The van der Waals surface area contributed by atoms with Gasteiger partial charge in [0.05, 0.1) is 6.54 Å². The van der Waals surface area contributed by atoms with Gasteiger partial charge in [-0.3, -0.25) is 0 Å². The molecule has 0 bridgehead atoms. The third-order valence-electron chi connectivity index (χ3n) is 5.51. The van der Waals surface area contributed by atoms with Crippen LogP contribution in [0, 0.1) is 0 Å². The van der Waals surface area contributed by atoms with Crippen molar-refractivity contribution in [2.45, 2.75) is 32.7 Å². The summed E-state index contributed by atoms with van der Waals surface area (Å²) in [4.78, 5) is 4.37. The first kappa shape index (κ1) is 21.1. The number of aryl methyl sites for hydroxylation is 1. The number of tetrazole rings is 1. The molecule has 33 heavy (non-hydrogen) atoms. The molecule has 0 amide bonds. The molecule has 0 saturated heterocycles. The lowest BCUT2D eigenvalue weighted by Gasteiger charge is -2.11. The monoisotopic (exact) mass is 458 g/mol. The molecule has 5 aromatic rings. The number of benzene rings is 2. The van der Waals surface area contributed by atoms with Crippen LogP contribution in [0.5, 0.6) is 0 Å². The zero-order valence-electron chi connectivity index (χ0n) is 18.2. The molecular weight excluding hydrogens is 436 g/mol. The second kappa shape index (κ2) is 9.38. The predicted octanol–water partition coefficient (Wildman–Crippen LogP) is 4.96. The van der Waals surface area contributed by atoms with Gasteiger partial charge in [-0.15, -0.1) is 5.10 Å². The molecule has 3 aromatic heterocycles. The quantitative estimate of drug-likeness (QED) is 0.355. The molecule has 0 saturated carbocycles. The van der Waals surface area contributed by atoms with E-state index in [0.29, 0.717) is 17.7 Å². The molecule has 0 fully saturated rings. The molecule has 166 valence electrons. The maximum absolute atomic E-state index is 6.30. The normalized spacial score (nSPS) is 11.2. The van der Waals surface area contributed by atoms with E-state index in [9.17, 15) is 0 Å². The van der Waals surface area contributed by atoms with E-state index in [2.05, 4.69) is 84.7 Å². The third kappa shape index (κ3) is 4.42. The van der Waals surface area contributed by atoms with Gasteiger partial charge in [0.25, 0.3) is 0 Å². The van der Waals surface area contributed by atoms with Gasteiger partial charge in [0.15, 0.2) is 11.6 Å². The van der Waals surface area contributed by atoms with Crippen molar-refractivity contribution in [3.63, 3.8) is 0 Å². The molecule has 0 spiro atoms. The number of aromatic nitrogens is 8. The summed E-state index contributed by atoms with van der Waals surface area (Å²) in [7, 11) is 0. The molecule has 3 heterocycles. The number of nitrogens with one attached hydrogen (secondary N) is 1. The van der Waals surface area contributed by atoms with Crippen molar-refractivity contribution >= 4 is 11.6 Å². The molecular formula is C24H23ClN8. The zero-order chi connectivity index (χ0) is 22.6. The van der Waals surface area contributed by atoms with Gasteiger partial charge in [-0.1, -0.05) is 55.8 Å². The molecule has 0 radical (unpaired) electrons. The van der Waals surface area contributed by atoms with Gasteiger partial charge in [-0.2, -0.15) is 5.10 Å². The van der Waals surface area contributed by atoms with E-state index in [1.807, 2.05) is 24.4 Å². The number of halogens is 1. The lowest BCUT2D eigenvalue weighted by molar-refractivity contribution is 0.661. The van der Waals surface area contributed by atoms with E-state index in [1.165, 1.54) is 0 Å². The van der Waals surface area contributed by atoms with Crippen molar-refractivity contribution in [1.82, 2.24) is 40.0 Å². The van der Waals surface area contributed by atoms with Crippen LogP contribution in [0.15, 0.2) is 66.9 Å². The minimum Gasteiger partial charge on any atom is -0.313 e. The topological polar surface area (TPSA) is 90.1 Å². The zero-order valence-corrected chi connectivity index (χ0v) is 18.9. The molecule has 5 rings (SSSR count). The van der Waals surface area contributed by atoms with Gasteiger partial charge in [0.2, 0.25) is 5.28 Å². The Kier molecular flexibility index (Phi) is 5.99. The van der Waals surface area contributed by atoms with Crippen LogP contribution in [0.1, 0.15) is 31.2 Å². The van der Waals surface area contributed by atoms with Gasteiger partial charge >= 0.3 is 0 Å². The molecule has 0 atom stereocenters. The highest BCUT2D eigenvalue weighted by Crippen LogP contribution is 2.33. The van der Waals surface area contributed by atoms with Crippen LogP contribution < -0.4 is 0 Å². The summed E-state index contributed by atoms with van der Waals surface area (Å²) in [5.74, 6) is 1.40. The molecule has 2 aromatic carbocycles. The Hall–Kier alpha value is -3.78. The van der Waals surface area contributed by atoms with Crippen molar-refractivity contribution < 1.29 is 0 Å². The van der Waals surface area contributed by atoms with Crippen LogP contribution in [-0.4, -0.2) is 40.0 Å². The minimum absolute atomic E-state index is 0.420. The first-order valence-corrected chi connectivity index (χ1v) is 11.3. The highest BCUT2D eigenvalue weighted by molar-refractivity contribution is 6.28. The molecule has 0 aliphatic carbocycles. The summed E-state index contributed by atoms with van der Waals surface area (Å²) in [5.41, 5.74) is 5.14. The summed E-state index contributed by atoms with van der Waals surface area (Å²) in [5, 5.41) is 19.6. The number of aromatic amines is 1. The van der Waals surface area contributed by atoms with E-state index in [-0.39, 0.29) is 0 Å². The number of hydrogen-bond donors (Lipinski definition) is 1. The first-order valence-electron chi connectivity index (χ1n) is 10.9. The maximum Gasteiger partial charge on any atom is 0.221 e. The Bertz CT molecular complexity index is 1320. The number of rotatable bonds is 8. The molecule has 1 N–H and O–H groups in total. The highest BCUT2D eigenvalue weighted by atomic mass is 35.5. The fourth-order valence-electron chi connectivity index (χ4n) is 3.84. The summed E-state index contributed by atoms with van der Waals surface area (Å²) >= 11 is 6.30. The smallest absolute Gasteiger partial charge is 0.221 e. The summed E-state index contributed by atoms with van der Waals surface area (Å²) in [6.07, 6.45) is 5.04. The SMILES string of the molecule is CCCCc1nc(Cl)n(Cc2ccc(-n3ccc(-c4ccccc4)c3-c3nnn[nH]3)cc2)n1. The summed E-state index contributed by atoms with van der Waals surface area (Å²) in [6.45, 7) is 2.72. The van der Waals surface area contributed by atoms with Crippen LogP contribution in [-0.2, 0) is 13.0 Å². The van der Waals surface area contributed by atoms with Crippen molar-refractivity contribution in [2.24, 2.45) is 0 Å². The van der Waals surface area contributed by atoms with E-state index in [1.54, 1.807) is 4.68 Å². The number of unbranched alkanes of at least 4 members (excludes halogenated alkanes) is 1. The van der Waals surface area contributed by atoms with Crippen LogP contribution in [0.2, 0.25) is 5.28 Å². The Morgan fingerprint density at radius 3 is 2.55 bits per heavy atom. The van der Waals surface area contributed by atoms with E-state index in [0.717, 1.165) is 53.2 Å². The minimum atomic E-state index is 0.420. The van der Waals surface area contributed by atoms with Crippen LogP contribution in [0.3, 0.4) is 0 Å². The number of H-pyrrole nitrogens is 1. The average molecular weight is 459 g/mol. The van der Waals surface area contributed by atoms with Gasteiger partial charge in [0, 0.05) is 23.9 Å². The van der Waals surface area contributed by atoms with Crippen molar-refractivity contribution in [3.05, 3.63) is 83.5 Å². The second-order valence-electron chi connectivity index (χ2n) is 7.79. The second-order valence-corrected chi connectivity index (χ2v) is 8.13. The molecule has 8 nitrogen and oxygen atoms in total. The number of hydrogen-bond acceptors (Lipinski definition) is 5. The fraction of sp³-hybridized carbons (Fsp3) is 0.208. The molecule has 9 heteroatoms. The highest BCUT2D eigenvalue weighted by Gasteiger charge is 2.17. The van der Waals surface area contributed by atoms with Crippen LogP contribution in [0.4, 0.5) is 0 Å². The Labute approximate surface area is 196 Å². The van der Waals surface area contributed by atoms with Crippen LogP contribution in [0.25, 0.3) is 28.3 Å². The molecule has 0 aliphatic heterocycles. The lowest BCUT2D eigenvalue weighted by atomic mass is 10.1. The van der Waals surface area contributed by atoms with Crippen molar-refractivity contribution in [3.8, 4) is 28.3 Å². The maximum atomic E-state index is 6.30. The third-order valence-corrected chi connectivity index (χ3v) is 5.79. The van der Waals surface area contributed by atoms with E-state index < -0.39 is 0 Å². The molecule has 0 aliphatic rings. The standard InChI is InChI=1S/C24H23ClN8/c1-2-3-9-21-26-24(25)33(29-21)16-17-10-12-19(13-11-17)32-15-14-20(18-7-5-4-6-8-18)22(32)23-27-30-31-28-23/h4-8,10-15H,2-3,9,16H2,1H3,(H,27,28,30,31). The van der Waals surface area contributed by atoms with Gasteiger partial charge in [-0.05, 0) is 57.8 Å². The predicted molar refractivity (Wildman–Crippen MR) is 127 cm³/mol. The van der Waals surface area contributed by atoms with E-state index >= 15 is 0 Å². The number of nitrogens with zero attached hydrogens (tertiary/aromatic N) is 7. The fourth-order valence-corrected chi connectivity index (χ4v) is 4.04. The Morgan fingerprint density at radius 2 is 1.82 bits per heavy atom. The molecule has 0 unspecified atom stereocenters. The lowest BCUT2D eigenvalue weighted by Crippen LogP contribution is -2.03. The Morgan fingerprint density at radius 1 is 1.00 bits per heavy atom. The van der Waals surface area contributed by atoms with Gasteiger partial charge in [-0.25, -0.2) is 14.8 Å². The Balaban J connectivity index is 1.44. The van der Waals surface area contributed by atoms with Crippen LogP contribution >= 0.6 is 11.6 Å². The first-order chi connectivity index (χ1) is 16.2. The van der Waals surface area contributed by atoms with E-state index in [4.69, 9.17) is 11.6 Å².